The summed E-state index contributed by atoms with van der Waals surface area (Å²) < 4.78 is 0. The molecule has 0 saturated heterocycles. The molecule has 122 valence electrons. The van der Waals surface area contributed by atoms with Crippen molar-refractivity contribution in [1.29, 1.82) is 5.26 Å². The molecule has 1 unspecified atom stereocenters. The summed E-state index contributed by atoms with van der Waals surface area (Å²) in [5.41, 5.74) is 1.68. The third kappa shape index (κ3) is 5.19. The highest BCUT2D eigenvalue weighted by molar-refractivity contribution is 5.89. The first-order valence-electron chi connectivity index (χ1n) is 7.26. The average molecular weight is 313 g/mol. The van der Waals surface area contributed by atoms with E-state index in [0.29, 0.717) is 11.7 Å². The Balaban J connectivity index is 0.00000112. The normalized spacial score (nSPS) is 10.3. The maximum Gasteiger partial charge on any atom is 0.148 e. The molecule has 0 amide bonds. The minimum atomic E-state index is 0.494. The Bertz CT molecular complexity index is 650. The standard InChI is InChI=1S/C16H19N3.2CH2O/c1-4-5-12(2)19(3)14-6-7-15-13(10-14)8-9-18-16(15)11-17;2*1-2/h6-10,12H,4-5H2,1-3H3;2*1H2. The lowest BCUT2D eigenvalue weighted by Crippen LogP contribution is -2.28. The molecule has 0 aliphatic carbocycles. The van der Waals surface area contributed by atoms with E-state index in [-0.39, 0.29) is 0 Å². The maximum atomic E-state index is 9.05. The summed E-state index contributed by atoms with van der Waals surface area (Å²) in [6, 6.07) is 10.8. The summed E-state index contributed by atoms with van der Waals surface area (Å²) in [5, 5.41) is 11.0. The molecule has 1 atom stereocenters. The van der Waals surface area contributed by atoms with Crippen LogP contribution in [0.3, 0.4) is 0 Å². The molecule has 0 aliphatic heterocycles. The zero-order valence-electron chi connectivity index (χ0n) is 14.0. The van der Waals surface area contributed by atoms with Crippen molar-refractivity contribution in [2.75, 3.05) is 11.9 Å². The van der Waals surface area contributed by atoms with Gasteiger partial charge in [-0.3, -0.25) is 0 Å². The van der Waals surface area contributed by atoms with Gasteiger partial charge in [-0.05, 0) is 43.0 Å². The number of anilines is 1. The van der Waals surface area contributed by atoms with Gasteiger partial charge >= 0.3 is 0 Å². The molecular weight excluding hydrogens is 290 g/mol. The lowest BCUT2D eigenvalue weighted by Gasteiger charge is -2.27. The predicted molar refractivity (Wildman–Crippen MR) is 93.5 cm³/mol. The first-order valence-corrected chi connectivity index (χ1v) is 7.26. The number of rotatable bonds is 4. The van der Waals surface area contributed by atoms with Crippen molar-refractivity contribution in [2.45, 2.75) is 32.7 Å². The number of hydrogen-bond acceptors (Lipinski definition) is 5. The van der Waals surface area contributed by atoms with Crippen LogP contribution in [0.1, 0.15) is 32.4 Å². The van der Waals surface area contributed by atoms with Crippen LogP contribution in [0.4, 0.5) is 5.69 Å². The van der Waals surface area contributed by atoms with Crippen molar-refractivity contribution in [3.63, 3.8) is 0 Å². The molecule has 1 heterocycles. The number of fused-ring (bicyclic) bond motifs is 1. The number of nitriles is 1. The second kappa shape index (κ2) is 10.9. The number of hydrogen-bond donors (Lipinski definition) is 0. The largest absolute Gasteiger partial charge is 0.372 e. The zero-order chi connectivity index (χ0) is 17.8. The molecule has 5 heteroatoms. The molecule has 0 spiro atoms. The van der Waals surface area contributed by atoms with Crippen LogP contribution in [0, 0.1) is 11.3 Å². The summed E-state index contributed by atoms with van der Waals surface area (Å²) >= 11 is 0. The SMILES string of the molecule is C=O.C=O.CCCC(C)N(C)c1ccc2c(C#N)nccc2c1. The molecule has 1 aromatic carbocycles. The Morgan fingerprint density at radius 2 is 1.91 bits per heavy atom. The van der Waals surface area contributed by atoms with Crippen LogP contribution in [-0.2, 0) is 9.59 Å². The molecule has 0 aliphatic rings. The van der Waals surface area contributed by atoms with Gasteiger partial charge in [-0.1, -0.05) is 13.3 Å². The molecule has 5 nitrogen and oxygen atoms in total. The minimum Gasteiger partial charge on any atom is -0.372 e. The number of aromatic nitrogens is 1. The average Bonchev–Trinajstić information content (AvgIpc) is 2.63. The Morgan fingerprint density at radius 3 is 2.48 bits per heavy atom. The first kappa shape index (κ1) is 20.3. The molecular formula is C18H23N3O2. The van der Waals surface area contributed by atoms with E-state index < -0.39 is 0 Å². The van der Waals surface area contributed by atoms with E-state index in [1.807, 2.05) is 25.7 Å². The van der Waals surface area contributed by atoms with Crippen LogP contribution >= 0.6 is 0 Å². The predicted octanol–water partition coefficient (Wildman–Crippen LogP) is 3.36. The molecule has 0 saturated carbocycles. The second-order valence-electron chi connectivity index (χ2n) is 4.93. The molecule has 23 heavy (non-hydrogen) atoms. The summed E-state index contributed by atoms with van der Waals surface area (Å²) in [4.78, 5) is 22.4. The van der Waals surface area contributed by atoms with Crippen LogP contribution in [0.25, 0.3) is 10.8 Å². The van der Waals surface area contributed by atoms with E-state index in [0.717, 1.165) is 10.8 Å². The van der Waals surface area contributed by atoms with Crippen LogP contribution in [-0.4, -0.2) is 31.7 Å². The molecule has 0 bridgehead atoms. The number of carbonyl (C=O) groups is 2. The van der Waals surface area contributed by atoms with Gasteiger partial charge < -0.3 is 14.5 Å². The molecule has 1 aromatic heterocycles. The second-order valence-corrected chi connectivity index (χ2v) is 4.93. The van der Waals surface area contributed by atoms with Crippen LogP contribution in [0.15, 0.2) is 30.5 Å². The summed E-state index contributed by atoms with van der Waals surface area (Å²) in [6.45, 7) is 8.44. The Kier molecular flexibility index (Phi) is 9.61. The summed E-state index contributed by atoms with van der Waals surface area (Å²) in [6.07, 6.45) is 4.05. The van der Waals surface area contributed by atoms with E-state index in [1.54, 1.807) is 6.20 Å². The third-order valence-electron chi connectivity index (χ3n) is 3.63. The summed E-state index contributed by atoms with van der Waals surface area (Å²) in [7, 11) is 2.12. The van der Waals surface area contributed by atoms with E-state index in [9.17, 15) is 0 Å². The fourth-order valence-electron chi connectivity index (χ4n) is 2.34. The van der Waals surface area contributed by atoms with Gasteiger partial charge in [-0.2, -0.15) is 5.26 Å². The van der Waals surface area contributed by atoms with E-state index in [1.165, 1.54) is 18.5 Å². The molecule has 0 radical (unpaired) electrons. The van der Waals surface area contributed by atoms with Crippen LogP contribution < -0.4 is 4.90 Å². The fraction of sp³-hybridized carbons (Fsp3) is 0.333. The Hall–Kier alpha value is -2.74. The van der Waals surface area contributed by atoms with Gasteiger partial charge in [0.1, 0.15) is 25.3 Å². The van der Waals surface area contributed by atoms with Gasteiger partial charge in [-0.15, -0.1) is 0 Å². The monoisotopic (exact) mass is 313 g/mol. The van der Waals surface area contributed by atoms with Gasteiger partial charge in [0.15, 0.2) is 0 Å². The van der Waals surface area contributed by atoms with Crippen molar-refractivity contribution in [1.82, 2.24) is 4.98 Å². The number of pyridine rings is 1. The zero-order valence-corrected chi connectivity index (χ0v) is 14.0. The van der Waals surface area contributed by atoms with Gasteiger partial charge in [0.25, 0.3) is 0 Å². The van der Waals surface area contributed by atoms with Crippen LogP contribution in [0.5, 0.6) is 0 Å². The number of nitrogens with zero attached hydrogens (tertiary/aromatic N) is 3. The van der Waals surface area contributed by atoms with Crippen molar-refractivity contribution in [2.24, 2.45) is 0 Å². The molecule has 2 aromatic rings. The van der Waals surface area contributed by atoms with Crippen LogP contribution in [0.2, 0.25) is 0 Å². The molecule has 2 rings (SSSR count). The topological polar surface area (TPSA) is 74.1 Å². The van der Waals surface area contributed by atoms with Gasteiger partial charge in [0.2, 0.25) is 0 Å². The van der Waals surface area contributed by atoms with Crippen molar-refractivity contribution >= 4 is 30.0 Å². The lowest BCUT2D eigenvalue weighted by molar-refractivity contribution is -0.0987. The van der Waals surface area contributed by atoms with Gasteiger partial charge in [0, 0.05) is 30.4 Å². The highest BCUT2D eigenvalue weighted by Crippen LogP contribution is 2.24. The van der Waals surface area contributed by atoms with E-state index in [2.05, 4.69) is 49.0 Å². The summed E-state index contributed by atoms with van der Waals surface area (Å²) in [5.74, 6) is 0. The minimum absolute atomic E-state index is 0.494. The fourth-order valence-corrected chi connectivity index (χ4v) is 2.34. The van der Waals surface area contributed by atoms with Crippen molar-refractivity contribution in [3.8, 4) is 6.07 Å². The molecule has 0 N–H and O–H groups in total. The maximum absolute atomic E-state index is 9.05. The first-order chi connectivity index (χ1) is 11.2. The van der Waals surface area contributed by atoms with Gasteiger partial charge in [-0.25, -0.2) is 4.98 Å². The van der Waals surface area contributed by atoms with Crippen molar-refractivity contribution < 1.29 is 9.59 Å². The smallest absolute Gasteiger partial charge is 0.148 e. The lowest BCUT2D eigenvalue weighted by atomic mass is 10.1. The highest BCUT2D eigenvalue weighted by Gasteiger charge is 2.10. The van der Waals surface area contributed by atoms with Crippen molar-refractivity contribution in [3.05, 3.63) is 36.2 Å². The van der Waals surface area contributed by atoms with Gasteiger partial charge in [0.05, 0.1) is 0 Å². The Morgan fingerprint density at radius 1 is 1.26 bits per heavy atom. The van der Waals surface area contributed by atoms with E-state index in [4.69, 9.17) is 14.9 Å². The molecule has 0 fully saturated rings. The number of benzene rings is 1. The Labute approximate surface area is 137 Å². The highest BCUT2D eigenvalue weighted by atomic mass is 16.1. The third-order valence-corrected chi connectivity index (χ3v) is 3.63. The quantitative estimate of drug-likeness (QED) is 0.865. The number of carbonyl (C=O) groups excluding carboxylic acids is 2. The van der Waals surface area contributed by atoms with E-state index >= 15 is 0 Å².